The summed E-state index contributed by atoms with van der Waals surface area (Å²) in [6.45, 7) is 6.98. The van der Waals surface area contributed by atoms with E-state index in [-0.39, 0.29) is 0 Å². The first-order valence-electron chi connectivity index (χ1n) is 10.7. The predicted molar refractivity (Wildman–Crippen MR) is 109 cm³/mol. The van der Waals surface area contributed by atoms with Crippen LogP contribution in [0.4, 0.5) is 0 Å². The highest BCUT2D eigenvalue weighted by Crippen LogP contribution is 2.24. The third kappa shape index (κ3) is 9.34. The molecular weight excluding hydrogens is 364 g/mol. The summed E-state index contributed by atoms with van der Waals surface area (Å²) in [6.07, 6.45) is 4.71. The lowest BCUT2D eigenvalue weighted by Gasteiger charge is -2.39. The van der Waals surface area contributed by atoms with Crippen LogP contribution >= 0.6 is 0 Å². The molecule has 5 atom stereocenters. The van der Waals surface area contributed by atoms with Gasteiger partial charge in [-0.25, -0.2) is 0 Å². The molecule has 6 nitrogen and oxygen atoms in total. The first-order valence-corrected chi connectivity index (χ1v) is 14.2. The molecule has 4 N–H and O–H groups in total. The Kier molecular flexibility index (Phi) is 12.3. The van der Waals surface area contributed by atoms with Crippen LogP contribution in [-0.2, 0) is 9.47 Å². The van der Waals surface area contributed by atoms with Crippen molar-refractivity contribution in [2.45, 2.75) is 114 Å². The molecule has 27 heavy (non-hydrogen) atoms. The number of hydrogen-bond acceptors (Lipinski definition) is 6. The number of hydrogen-bond donors (Lipinski definition) is 4. The fraction of sp³-hybridized carbons (Fsp3) is 1.00. The van der Waals surface area contributed by atoms with Crippen LogP contribution in [0.2, 0.25) is 25.2 Å². The molecule has 1 aliphatic heterocycles. The zero-order chi connectivity index (χ0) is 20.3. The molecule has 0 radical (unpaired) electrons. The lowest BCUT2D eigenvalue weighted by atomic mass is 9.99. The van der Waals surface area contributed by atoms with Crippen molar-refractivity contribution in [3.63, 3.8) is 0 Å². The van der Waals surface area contributed by atoms with Gasteiger partial charge in [-0.05, 0) is 6.04 Å². The highest BCUT2D eigenvalue weighted by Gasteiger charge is 2.44. The van der Waals surface area contributed by atoms with E-state index in [0.717, 1.165) is 6.04 Å². The third-order valence-corrected chi connectivity index (χ3v) is 8.88. The monoisotopic (exact) mass is 406 g/mol. The molecule has 0 bridgehead atoms. The van der Waals surface area contributed by atoms with Gasteiger partial charge in [-0.15, -0.1) is 0 Å². The molecule has 0 aliphatic carbocycles. The highest BCUT2D eigenvalue weighted by atomic mass is 28.3. The summed E-state index contributed by atoms with van der Waals surface area (Å²) in [5.74, 6) is 0. The smallest absolute Gasteiger partial charge is 0.186 e. The molecule has 1 rings (SSSR count). The largest absolute Gasteiger partial charge is 0.394 e. The molecule has 1 aliphatic rings. The maximum absolute atomic E-state index is 10.00. The zero-order valence-corrected chi connectivity index (χ0v) is 18.5. The standard InChI is InChI=1S/C20H42O6Si/c1-4-5-6-7-8-9-10-11-13-27(2,3)14-12-25-20-19(24)18(23)17(22)16(15-21)26-20/h16-24H,4-15H2,1-3H3. The molecule has 1 fully saturated rings. The summed E-state index contributed by atoms with van der Waals surface area (Å²) in [7, 11) is -1.37. The van der Waals surface area contributed by atoms with Crippen LogP contribution in [0.5, 0.6) is 0 Å². The maximum atomic E-state index is 10.00. The number of aliphatic hydroxyl groups excluding tert-OH is 4. The molecular formula is C20H42O6Si. The first kappa shape index (κ1) is 25.0. The first-order chi connectivity index (χ1) is 12.8. The van der Waals surface area contributed by atoms with Crippen LogP contribution in [0.1, 0.15) is 58.3 Å². The quantitative estimate of drug-likeness (QED) is 0.261. The zero-order valence-electron chi connectivity index (χ0n) is 17.5. The van der Waals surface area contributed by atoms with Gasteiger partial charge in [-0.2, -0.15) is 0 Å². The number of rotatable bonds is 14. The molecule has 7 heteroatoms. The minimum atomic E-state index is -1.37. The second-order valence-electron chi connectivity index (χ2n) is 8.71. The van der Waals surface area contributed by atoms with Gasteiger partial charge in [0.15, 0.2) is 6.29 Å². The highest BCUT2D eigenvalue weighted by molar-refractivity contribution is 6.77. The lowest BCUT2D eigenvalue weighted by Crippen LogP contribution is -2.59. The minimum Gasteiger partial charge on any atom is -0.394 e. The SMILES string of the molecule is CCCCCCCCCC[Si](C)(C)CCOC1OC(CO)C(O)C(O)C1O. The summed E-state index contributed by atoms with van der Waals surface area (Å²) < 4.78 is 11.0. The lowest BCUT2D eigenvalue weighted by molar-refractivity contribution is -0.300. The van der Waals surface area contributed by atoms with Gasteiger partial charge in [-0.3, -0.25) is 0 Å². The summed E-state index contributed by atoms with van der Waals surface area (Å²) in [6, 6.07) is 2.22. The van der Waals surface area contributed by atoms with Gasteiger partial charge >= 0.3 is 0 Å². The van der Waals surface area contributed by atoms with Gasteiger partial charge < -0.3 is 29.9 Å². The summed E-state index contributed by atoms with van der Waals surface area (Å²) >= 11 is 0. The molecule has 162 valence electrons. The fourth-order valence-corrected chi connectivity index (χ4v) is 5.65. The van der Waals surface area contributed by atoms with Crippen molar-refractivity contribution in [1.82, 2.24) is 0 Å². The Labute approximate surface area is 165 Å². The fourth-order valence-electron chi connectivity index (χ4n) is 3.52. The number of aliphatic hydroxyl groups is 4. The Morgan fingerprint density at radius 1 is 0.815 bits per heavy atom. The van der Waals surface area contributed by atoms with Crippen LogP contribution in [0, 0.1) is 0 Å². The van der Waals surface area contributed by atoms with Crippen molar-refractivity contribution in [1.29, 1.82) is 0 Å². The molecule has 0 aromatic rings. The molecule has 0 spiro atoms. The summed E-state index contributed by atoms with van der Waals surface area (Å²) in [5.41, 5.74) is 0. The number of unbranched alkanes of at least 4 members (excludes halogenated alkanes) is 7. The van der Waals surface area contributed by atoms with E-state index in [1.54, 1.807) is 0 Å². The molecule has 0 aromatic heterocycles. The van der Waals surface area contributed by atoms with Gasteiger partial charge in [0.25, 0.3) is 0 Å². The van der Waals surface area contributed by atoms with Gasteiger partial charge in [0.2, 0.25) is 0 Å². The van der Waals surface area contributed by atoms with Crippen molar-refractivity contribution in [2.24, 2.45) is 0 Å². The minimum absolute atomic E-state index is 0.427. The average Bonchev–Trinajstić information content (AvgIpc) is 2.63. The van der Waals surface area contributed by atoms with Crippen molar-refractivity contribution < 1.29 is 29.9 Å². The Bertz CT molecular complexity index is 379. The Morgan fingerprint density at radius 3 is 2.00 bits per heavy atom. The van der Waals surface area contributed by atoms with E-state index in [0.29, 0.717) is 6.61 Å². The molecule has 5 unspecified atom stereocenters. The van der Waals surface area contributed by atoms with E-state index in [9.17, 15) is 20.4 Å². The van der Waals surface area contributed by atoms with Gasteiger partial charge in [0.1, 0.15) is 24.4 Å². The second kappa shape index (κ2) is 13.2. The van der Waals surface area contributed by atoms with E-state index in [1.165, 1.54) is 57.4 Å². The van der Waals surface area contributed by atoms with E-state index in [2.05, 4.69) is 20.0 Å². The van der Waals surface area contributed by atoms with E-state index in [4.69, 9.17) is 9.47 Å². The summed E-state index contributed by atoms with van der Waals surface area (Å²) in [5, 5.41) is 38.8. The topological polar surface area (TPSA) is 99.4 Å². The van der Waals surface area contributed by atoms with Gasteiger partial charge in [-0.1, -0.05) is 77.4 Å². The van der Waals surface area contributed by atoms with Crippen LogP contribution in [0.25, 0.3) is 0 Å². The van der Waals surface area contributed by atoms with Gasteiger partial charge in [0.05, 0.1) is 6.61 Å². The number of ether oxygens (including phenoxy) is 2. The molecule has 1 heterocycles. The molecule has 0 aromatic carbocycles. The van der Waals surface area contributed by atoms with Crippen LogP contribution < -0.4 is 0 Å². The molecule has 1 saturated heterocycles. The van der Waals surface area contributed by atoms with Crippen molar-refractivity contribution in [3.8, 4) is 0 Å². The van der Waals surface area contributed by atoms with E-state index < -0.39 is 45.4 Å². The average molecular weight is 407 g/mol. The maximum Gasteiger partial charge on any atom is 0.186 e. The predicted octanol–water partition coefficient (Wildman–Crippen LogP) is 2.65. The Balaban J connectivity index is 2.19. The third-order valence-electron chi connectivity index (χ3n) is 5.62. The van der Waals surface area contributed by atoms with Crippen molar-refractivity contribution in [2.75, 3.05) is 13.2 Å². The van der Waals surface area contributed by atoms with E-state index >= 15 is 0 Å². The van der Waals surface area contributed by atoms with E-state index in [1.807, 2.05) is 0 Å². The van der Waals surface area contributed by atoms with Crippen molar-refractivity contribution >= 4 is 8.07 Å². The second-order valence-corrected chi connectivity index (χ2v) is 14.0. The molecule has 0 amide bonds. The van der Waals surface area contributed by atoms with Gasteiger partial charge in [0, 0.05) is 14.7 Å². The van der Waals surface area contributed by atoms with Crippen molar-refractivity contribution in [3.05, 3.63) is 0 Å². The Morgan fingerprint density at radius 2 is 1.41 bits per heavy atom. The Hall–Kier alpha value is -0.0231. The van der Waals surface area contributed by atoms with Crippen LogP contribution in [-0.4, -0.2) is 72.4 Å². The van der Waals surface area contributed by atoms with Crippen LogP contribution in [0.15, 0.2) is 0 Å². The van der Waals surface area contributed by atoms with Crippen LogP contribution in [0.3, 0.4) is 0 Å². The normalized spacial score (nSPS) is 29.2. The molecule has 0 saturated carbocycles. The summed E-state index contributed by atoms with van der Waals surface area (Å²) in [4.78, 5) is 0.